The molecular weight excluding hydrogens is 844 g/mol. The summed E-state index contributed by atoms with van der Waals surface area (Å²) in [7, 11) is 0. The Labute approximate surface area is 385 Å². The molecule has 0 saturated heterocycles. The Balaban J connectivity index is 0.000000256. The van der Waals surface area contributed by atoms with Gasteiger partial charge in [0.25, 0.3) is 0 Å². The van der Waals surface area contributed by atoms with Gasteiger partial charge in [-0.05, 0) is 157 Å². The fraction of sp³-hybridized carbons (Fsp3) is 0.231. The molecule has 0 amide bonds. The van der Waals surface area contributed by atoms with Gasteiger partial charge in [-0.1, -0.05) is 113 Å². The van der Waals surface area contributed by atoms with Crippen LogP contribution in [0.3, 0.4) is 0 Å². The predicted octanol–water partition coefficient (Wildman–Crippen LogP) is 15.1. The third kappa shape index (κ3) is 12.4. The second-order valence-corrected chi connectivity index (χ2v) is 16.5. The van der Waals surface area contributed by atoms with Crippen LogP contribution in [0.2, 0.25) is 0 Å². The van der Waals surface area contributed by atoms with E-state index in [2.05, 4.69) is 104 Å². The number of ether oxygens (including phenoxy) is 2. The van der Waals surface area contributed by atoms with Gasteiger partial charge in [0.2, 0.25) is 0 Å². The molecule has 7 heteroatoms. The smallest absolute Gasteiger partial charge is 0.133 e. The summed E-state index contributed by atoms with van der Waals surface area (Å²) >= 11 is 23.1. The molecule has 0 saturated carbocycles. The van der Waals surface area contributed by atoms with Gasteiger partial charge in [0, 0.05) is 16.5 Å². The van der Waals surface area contributed by atoms with Crippen LogP contribution in [0.4, 0.5) is 0 Å². The Morgan fingerprint density at radius 3 is 1.12 bits per heavy atom. The zero-order valence-corrected chi connectivity index (χ0v) is 39.3. The summed E-state index contributed by atoms with van der Waals surface area (Å²) in [6.07, 6.45) is 2.12. The van der Waals surface area contributed by atoms with Crippen LogP contribution >= 0.6 is 0 Å². The van der Waals surface area contributed by atoms with Gasteiger partial charge in [0.15, 0.2) is 0 Å². The standard InChI is InChI=1S/2C26H28OS2.Ni/c2*1-5-17(2)21-12-14-24(27-22-13-11-18(3)19(4)15-22)23(16-21)26(29)25(28)20-9-7-6-8-10-20;/h2*6-17,28-29H,5H2,1-4H3;/p-4/b2*26-25-;. The van der Waals surface area contributed by atoms with Crippen LogP contribution in [0, 0.1) is 27.7 Å². The molecular formula is C52H52NiO2S4-4. The normalized spacial score (nSPS) is 12.7. The van der Waals surface area contributed by atoms with E-state index in [-0.39, 0.29) is 16.5 Å². The van der Waals surface area contributed by atoms with E-state index in [9.17, 15) is 0 Å². The van der Waals surface area contributed by atoms with Crippen molar-refractivity contribution in [3.63, 3.8) is 0 Å². The molecule has 0 radical (unpaired) electrons. The SMILES string of the molecule is CCC(C)c1ccc(Oc2ccc(C)c(C)c2)c(/C([S-])=C(/[S-])c2ccccc2)c1.CCC(C)c1ccc(Oc2ccc(C)c(C)c2)c(/C([S-])=C(/[S-])c2ccccc2)c1.[Ni]. The van der Waals surface area contributed by atoms with Crippen molar-refractivity contribution in [2.24, 2.45) is 0 Å². The van der Waals surface area contributed by atoms with Crippen molar-refractivity contribution in [3.8, 4) is 23.0 Å². The molecule has 6 rings (SSSR count). The Hall–Kier alpha value is -4.23. The zero-order valence-electron chi connectivity index (χ0n) is 35.0. The second-order valence-electron chi connectivity index (χ2n) is 14.9. The minimum Gasteiger partial charge on any atom is -0.780 e. The van der Waals surface area contributed by atoms with Gasteiger partial charge >= 0.3 is 0 Å². The Morgan fingerprint density at radius 2 is 0.797 bits per heavy atom. The minimum atomic E-state index is 0. The average molecular weight is 896 g/mol. The first-order valence-electron chi connectivity index (χ1n) is 19.9. The molecule has 6 aromatic rings. The van der Waals surface area contributed by atoms with Crippen LogP contribution in [0.15, 0.2) is 133 Å². The molecule has 310 valence electrons. The number of rotatable bonds is 12. The molecule has 0 spiro atoms. The maximum Gasteiger partial charge on any atom is 0.133 e. The minimum absolute atomic E-state index is 0. The summed E-state index contributed by atoms with van der Waals surface area (Å²) in [6, 6.07) is 44.7. The molecule has 59 heavy (non-hydrogen) atoms. The van der Waals surface area contributed by atoms with Crippen LogP contribution in [0.25, 0.3) is 19.6 Å². The molecule has 0 aliphatic rings. The summed E-state index contributed by atoms with van der Waals surface area (Å²) in [5.41, 5.74) is 11.0. The van der Waals surface area contributed by atoms with E-state index in [0.717, 1.165) is 58.1 Å². The molecule has 0 aliphatic carbocycles. The topological polar surface area (TPSA) is 18.5 Å². The summed E-state index contributed by atoms with van der Waals surface area (Å²) in [5.74, 6) is 3.97. The fourth-order valence-corrected chi connectivity index (χ4v) is 7.25. The van der Waals surface area contributed by atoms with E-state index < -0.39 is 0 Å². The first-order valence-corrected chi connectivity index (χ1v) is 21.5. The van der Waals surface area contributed by atoms with E-state index in [1.807, 2.05) is 84.9 Å². The van der Waals surface area contributed by atoms with Crippen molar-refractivity contribution in [2.75, 3.05) is 0 Å². The van der Waals surface area contributed by atoms with Crippen LogP contribution in [-0.2, 0) is 67.0 Å². The van der Waals surface area contributed by atoms with Crippen molar-refractivity contribution in [2.45, 2.75) is 80.1 Å². The van der Waals surface area contributed by atoms with Crippen molar-refractivity contribution >= 4 is 70.1 Å². The quantitative estimate of drug-likeness (QED) is 0.0687. The van der Waals surface area contributed by atoms with Crippen LogP contribution in [-0.4, -0.2) is 0 Å². The average Bonchev–Trinajstić information content (AvgIpc) is 3.25. The van der Waals surface area contributed by atoms with Gasteiger partial charge in [0.1, 0.15) is 23.0 Å². The number of hydrogen-bond donors (Lipinski definition) is 0. The molecule has 0 fully saturated rings. The molecule has 2 unspecified atom stereocenters. The number of hydrogen-bond acceptors (Lipinski definition) is 6. The monoisotopic (exact) mass is 894 g/mol. The van der Waals surface area contributed by atoms with E-state index >= 15 is 0 Å². The molecule has 0 N–H and O–H groups in total. The van der Waals surface area contributed by atoms with Crippen LogP contribution in [0.5, 0.6) is 23.0 Å². The van der Waals surface area contributed by atoms with Crippen molar-refractivity contribution in [1.82, 2.24) is 0 Å². The molecule has 0 bridgehead atoms. The van der Waals surface area contributed by atoms with Gasteiger partial charge in [-0.15, -0.1) is 0 Å². The molecule has 0 heterocycles. The Kier molecular flexibility index (Phi) is 18.0. The summed E-state index contributed by atoms with van der Waals surface area (Å²) in [5, 5.41) is 0. The summed E-state index contributed by atoms with van der Waals surface area (Å²) in [6.45, 7) is 17.2. The second kappa shape index (κ2) is 22.4. The molecule has 0 aliphatic heterocycles. The maximum absolute atomic E-state index is 6.27. The van der Waals surface area contributed by atoms with Gasteiger partial charge < -0.3 is 60.0 Å². The molecule has 6 aromatic carbocycles. The van der Waals surface area contributed by atoms with E-state index in [0.29, 0.717) is 31.5 Å². The third-order valence-corrected chi connectivity index (χ3v) is 12.7. The first-order chi connectivity index (χ1) is 27.8. The number of aryl methyl sites for hydroxylation is 4. The van der Waals surface area contributed by atoms with Gasteiger partial charge in [-0.3, -0.25) is 0 Å². The Morgan fingerprint density at radius 1 is 0.441 bits per heavy atom. The molecule has 2 atom stereocenters. The molecule has 2 nitrogen and oxygen atoms in total. The van der Waals surface area contributed by atoms with E-state index in [1.165, 1.54) is 33.4 Å². The zero-order chi connectivity index (χ0) is 41.9. The first kappa shape index (κ1) is 47.5. The number of benzene rings is 6. The van der Waals surface area contributed by atoms with Crippen molar-refractivity contribution < 1.29 is 26.0 Å². The van der Waals surface area contributed by atoms with E-state index in [4.69, 9.17) is 60.0 Å². The third-order valence-electron chi connectivity index (χ3n) is 10.8. The summed E-state index contributed by atoms with van der Waals surface area (Å²) < 4.78 is 12.5. The van der Waals surface area contributed by atoms with Crippen LogP contribution in [0.1, 0.15) is 108 Å². The van der Waals surface area contributed by atoms with Gasteiger partial charge in [-0.25, -0.2) is 0 Å². The fourth-order valence-electron chi connectivity index (χ4n) is 6.21. The van der Waals surface area contributed by atoms with Crippen molar-refractivity contribution in [1.29, 1.82) is 0 Å². The van der Waals surface area contributed by atoms with Gasteiger partial charge in [-0.2, -0.15) is 19.6 Å². The van der Waals surface area contributed by atoms with Gasteiger partial charge in [0.05, 0.1) is 0 Å². The Bertz CT molecular complexity index is 2220. The molecule has 0 aromatic heterocycles. The maximum atomic E-state index is 6.27. The largest absolute Gasteiger partial charge is 0.780 e. The van der Waals surface area contributed by atoms with E-state index in [1.54, 1.807) is 0 Å². The predicted molar refractivity (Wildman–Crippen MR) is 258 cm³/mol. The van der Waals surface area contributed by atoms with Crippen LogP contribution < -0.4 is 9.47 Å². The van der Waals surface area contributed by atoms with Crippen molar-refractivity contribution in [3.05, 3.63) is 189 Å². The summed E-state index contributed by atoms with van der Waals surface area (Å²) in [4.78, 5) is 2.64.